The van der Waals surface area contributed by atoms with E-state index in [1.165, 1.54) is 0 Å². The Labute approximate surface area is 126 Å². The summed E-state index contributed by atoms with van der Waals surface area (Å²) in [4.78, 5) is 11.9. The van der Waals surface area contributed by atoms with Gasteiger partial charge in [-0.3, -0.25) is 4.79 Å². The number of hydrazone groups is 1. The minimum absolute atomic E-state index is 0.200. The van der Waals surface area contributed by atoms with Crippen LogP contribution in [-0.4, -0.2) is 11.6 Å². The molecule has 0 heterocycles. The van der Waals surface area contributed by atoms with Gasteiger partial charge in [0.1, 0.15) is 0 Å². The number of hydrogen-bond donors (Lipinski definition) is 1. The lowest BCUT2D eigenvalue weighted by atomic mass is 10.1. The molecule has 0 saturated heterocycles. The molecular weight excluding hydrogens is 316 g/mol. The number of hydrogen-bond acceptors (Lipinski definition) is 2. The summed E-state index contributed by atoms with van der Waals surface area (Å²) >= 11 is 3.40. The van der Waals surface area contributed by atoms with Gasteiger partial charge in [-0.2, -0.15) is 5.10 Å². The Morgan fingerprint density at radius 2 is 1.70 bits per heavy atom. The maximum atomic E-state index is 11.9. The minimum Gasteiger partial charge on any atom is -0.267 e. The second kappa shape index (κ2) is 7.01. The van der Waals surface area contributed by atoms with Gasteiger partial charge in [0, 0.05) is 10.0 Å². The van der Waals surface area contributed by atoms with Gasteiger partial charge in [-0.1, -0.05) is 53.2 Å². The van der Waals surface area contributed by atoms with Gasteiger partial charge in [0.15, 0.2) is 0 Å². The zero-order valence-electron chi connectivity index (χ0n) is 11.1. The second-order valence-corrected chi connectivity index (χ2v) is 5.14. The van der Waals surface area contributed by atoms with Crippen LogP contribution in [0, 0.1) is 0 Å². The molecule has 0 aliphatic heterocycles. The molecule has 4 heteroatoms. The smallest absolute Gasteiger partial charge is 0.267 e. The predicted octanol–water partition coefficient (Wildman–Crippen LogP) is 3.99. The van der Waals surface area contributed by atoms with Gasteiger partial charge in [0.2, 0.25) is 0 Å². The van der Waals surface area contributed by atoms with Crippen molar-refractivity contribution >= 4 is 27.5 Å². The highest BCUT2D eigenvalue weighted by atomic mass is 79.9. The van der Waals surface area contributed by atoms with E-state index in [9.17, 15) is 4.79 Å². The standard InChI is InChI=1S/C16H15BrN2O/c1-2-15(12-8-10-14(17)11-9-12)18-19-16(20)13-6-4-3-5-7-13/h3-11H,2H2,1H3,(H,19,20)/b18-15-. The summed E-state index contributed by atoms with van der Waals surface area (Å²) in [5.74, 6) is -0.200. The highest BCUT2D eigenvalue weighted by molar-refractivity contribution is 9.10. The quantitative estimate of drug-likeness (QED) is 0.668. The predicted molar refractivity (Wildman–Crippen MR) is 84.9 cm³/mol. The third-order valence-corrected chi connectivity index (χ3v) is 3.37. The average Bonchev–Trinajstić information content (AvgIpc) is 2.50. The first-order chi connectivity index (χ1) is 9.70. The normalized spacial score (nSPS) is 11.2. The molecule has 2 aromatic carbocycles. The summed E-state index contributed by atoms with van der Waals surface area (Å²) in [6.07, 6.45) is 0.747. The van der Waals surface area contributed by atoms with E-state index in [1.807, 2.05) is 49.4 Å². The van der Waals surface area contributed by atoms with Gasteiger partial charge in [0.05, 0.1) is 5.71 Å². The molecule has 0 fully saturated rings. The van der Waals surface area contributed by atoms with Crippen molar-refractivity contribution in [3.8, 4) is 0 Å². The van der Waals surface area contributed by atoms with Crippen molar-refractivity contribution in [2.24, 2.45) is 5.10 Å². The Balaban J connectivity index is 2.12. The summed E-state index contributed by atoms with van der Waals surface area (Å²) in [6, 6.07) is 16.9. The monoisotopic (exact) mass is 330 g/mol. The summed E-state index contributed by atoms with van der Waals surface area (Å²) in [5.41, 5.74) is 5.05. The minimum atomic E-state index is -0.200. The highest BCUT2D eigenvalue weighted by Gasteiger charge is 2.05. The van der Waals surface area contributed by atoms with Crippen molar-refractivity contribution < 1.29 is 4.79 Å². The first-order valence-corrected chi connectivity index (χ1v) is 7.18. The lowest BCUT2D eigenvalue weighted by molar-refractivity contribution is 0.0955. The van der Waals surface area contributed by atoms with E-state index in [2.05, 4.69) is 26.5 Å². The number of halogens is 1. The van der Waals surface area contributed by atoms with Crippen molar-refractivity contribution in [3.05, 3.63) is 70.2 Å². The van der Waals surface area contributed by atoms with Crippen LogP contribution < -0.4 is 5.43 Å². The van der Waals surface area contributed by atoms with E-state index >= 15 is 0 Å². The lowest BCUT2D eigenvalue weighted by Gasteiger charge is -2.05. The number of amides is 1. The van der Waals surface area contributed by atoms with E-state index in [0.29, 0.717) is 5.56 Å². The molecule has 0 atom stereocenters. The van der Waals surface area contributed by atoms with Gasteiger partial charge >= 0.3 is 0 Å². The molecule has 1 N–H and O–H groups in total. The fraction of sp³-hybridized carbons (Fsp3) is 0.125. The van der Waals surface area contributed by atoms with Crippen LogP contribution >= 0.6 is 15.9 Å². The van der Waals surface area contributed by atoms with Crippen molar-refractivity contribution in [2.45, 2.75) is 13.3 Å². The van der Waals surface area contributed by atoms with Crippen LogP contribution in [0.4, 0.5) is 0 Å². The number of carbonyl (C=O) groups is 1. The van der Waals surface area contributed by atoms with E-state index in [0.717, 1.165) is 22.2 Å². The molecular formula is C16H15BrN2O. The molecule has 2 rings (SSSR count). The third-order valence-electron chi connectivity index (χ3n) is 2.84. The maximum Gasteiger partial charge on any atom is 0.271 e. The Bertz CT molecular complexity index is 606. The number of nitrogens with one attached hydrogen (secondary N) is 1. The van der Waals surface area contributed by atoms with Crippen LogP contribution in [0.5, 0.6) is 0 Å². The van der Waals surface area contributed by atoms with Crippen LogP contribution in [0.25, 0.3) is 0 Å². The first-order valence-electron chi connectivity index (χ1n) is 6.38. The molecule has 2 aromatic rings. The topological polar surface area (TPSA) is 41.5 Å². The lowest BCUT2D eigenvalue weighted by Crippen LogP contribution is -2.19. The molecule has 1 amide bonds. The fourth-order valence-electron chi connectivity index (χ4n) is 1.76. The van der Waals surface area contributed by atoms with Crippen molar-refractivity contribution in [1.29, 1.82) is 0 Å². The Morgan fingerprint density at radius 3 is 2.30 bits per heavy atom. The molecule has 3 nitrogen and oxygen atoms in total. The fourth-order valence-corrected chi connectivity index (χ4v) is 2.03. The number of carbonyl (C=O) groups excluding carboxylic acids is 1. The van der Waals surface area contributed by atoms with Crippen LogP contribution in [0.3, 0.4) is 0 Å². The van der Waals surface area contributed by atoms with Crippen molar-refractivity contribution in [2.75, 3.05) is 0 Å². The zero-order chi connectivity index (χ0) is 14.4. The molecule has 102 valence electrons. The molecule has 0 spiro atoms. The summed E-state index contributed by atoms with van der Waals surface area (Å²) < 4.78 is 1.02. The van der Waals surface area contributed by atoms with E-state index in [1.54, 1.807) is 12.1 Å². The van der Waals surface area contributed by atoms with Crippen LogP contribution in [0.15, 0.2) is 64.2 Å². The van der Waals surface area contributed by atoms with Crippen molar-refractivity contribution in [1.82, 2.24) is 5.43 Å². The Morgan fingerprint density at radius 1 is 1.05 bits per heavy atom. The number of rotatable bonds is 4. The zero-order valence-corrected chi connectivity index (χ0v) is 12.7. The summed E-state index contributed by atoms with van der Waals surface area (Å²) in [7, 11) is 0. The molecule has 0 aromatic heterocycles. The SMILES string of the molecule is CC/C(=N/NC(=O)c1ccccc1)c1ccc(Br)cc1. The molecule has 0 aliphatic carbocycles. The third kappa shape index (κ3) is 3.78. The van der Waals surface area contributed by atoms with Gasteiger partial charge in [-0.15, -0.1) is 0 Å². The van der Waals surface area contributed by atoms with Gasteiger partial charge in [0.25, 0.3) is 5.91 Å². The van der Waals surface area contributed by atoms with Gasteiger partial charge in [-0.25, -0.2) is 5.43 Å². The molecule has 0 bridgehead atoms. The van der Waals surface area contributed by atoms with Crippen LogP contribution in [0.1, 0.15) is 29.3 Å². The van der Waals surface area contributed by atoms with Gasteiger partial charge < -0.3 is 0 Å². The Kier molecular flexibility index (Phi) is 5.07. The van der Waals surface area contributed by atoms with E-state index in [-0.39, 0.29) is 5.91 Å². The molecule has 20 heavy (non-hydrogen) atoms. The maximum absolute atomic E-state index is 11.9. The average molecular weight is 331 g/mol. The van der Waals surface area contributed by atoms with Gasteiger partial charge in [-0.05, 0) is 36.2 Å². The van der Waals surface area contributed by atoms with E-state index < -0.39 is 0 Å². The van der Waals surface area contributed by atoms with Crippen LogP contribution in [-0.2, 0) is 0 Å². The van der Waals surface area contributed by atoms with Crippen molar-refractivity contribution in [3.63, 3.8) is 0 Å². The molecule has 0 saturated carbocycles. The van der Waals surface area contributed by atoms with E-state index in [4.69, 9.17) is 0 Å². The number of nitrogens with zero attached hydrogens (tertiary/aromatic N) is 1. The second-order valence-electron chi connectivity index (χ2n) is 4.23. The molecule has 0 aliphatic rings. The Hall–Kier alpha value is -1.94. The highest BCUT2D eigenvalue weighted by Crippen LogP contribution is 2.12. The summed E-state index contributed by atoms with van der Waals surface area (Å²) in [6.45, 7) is 2.01. The summed E-state index contributed by atoms with van der Waals surface area (Å²) in [5, 5.41) is 4.22. The molecule has 0 unspecified atom stereocenters. The van der Waals surface area contributed by atoms with Crippen LogP contribution in [0.2, 0.25) is 0 Å². The molecule has 0 radical (unpaired) electrons. The largest absolute Gasteiger partial charge is 0.271 e. The number of benzene rings is 2. The first kappa shape index (κ1) is 14.5.